The van der Waals surface area contributed by atoms with Crippen LogP contribution in [-0.2, 0) is 0 Å². The minimum atomic E-state index is 0.00294. The molecule has 1 saturated heterocycles. The van der Waals surface area contributed by atoms with Gasteiger partial charge in [0.2, 0.25) is 0 Å². The van der Waals surface area contributed by atoms with Crippen LogP contribution in [0.15, 0.2) is 6.20 Å². The summed E-state index contributed by atoms with van der Waals surface area (Å²) in [5.74, 6) is 1.04. The van der Waals surface area contributed by atoms with Crippen molar-refractivity contribution in [2.75, 3.05) is 13.1 Å². The number of aryl methyl sites for hydroxylation is 2. The Labute approximate surface area is 91.2 Å². The molecule has 0 spiro atoms. The van der Waals surface area contributed by atoms with Gasteiger partial charge in [-0.15, -0.1) is 0 Å². The summed E-state index contributed by atoms with van der Waals surface area (Å²) in [6.07, 6.45) is 4.17. The molecule has 84 valence electrons. The Morgan fingerprint density at radius 3 is 2.47 bits per heavy atom. The van der Waals surface area contributed by atoms with Crippen LogP contribution in [0.1, 0.15) is 31.0 Å². The number of rotatable bonds is 2. The molecular formula is C12H20N2O. The molecule has 1 aromatic heterocycles. The number of H-pyrrole nitrogens is 1. The summed E-state index contributed by atoms with van der Waals surface area (Å²) in [5, 5.41) is 3.36. The van der Waals surface area contributed by atoms with Gasteiger partial charge in [0.15, 0.2) is 0 Å². The number of hydrogen-bond acceptors (Lipinski definition) is 2. The van der Waals surface area contributed by atoms with E-state index in [1.54, 1.807) is 0 Å². The zero-order valence-corrected chi connectivity index (χ0v) is 9.81. The highest BCUT2D eigenvalue weighted by atomic mass is 16.5. The summed E-state index contributed by atoms with van der Waals surface area (Å²) in [5.41, 5.74) is 2.34. The first-order chi connectivity index (χ1) is 7.11. The van der Waals surface area contributed by atoms with Crippen LogP contribution >= 0.6 is 0 Å². The summed E-state index contributed by atoms with van der Waals surface area (Å²) >= 11 is 0. The molecule has 1 aromatic rings. The van der Waals surface area contributed by atoms with Crippen LogP contribution in [-0.4, -0.2) is 23.7 Å². The van der Waals surface area contributed by atoms with Crippen molar-refractivity contribution in [2.24, 2.45) is 0 Å². The molecule has 1 aliphatic rings. The Hall–Kier alpha value is -0.960. The second kappa shape index (κ2) is 3.89. The van der Waals surface area contributed by atoms with E-state index in [9.17, 15) is 0 Å². The van der Waals surface area contributed by atoms with Crippen LogP contribution in [0.5, 0.6) is 5.75 Å². The predicted octanol–water partition coefficient (Wildman–Crippen LogP) is 2.15. The van der Waals surface area contributed by atoms with Gasteiger partial charge in [-0.05, 0) is 46.7 Å². The van der Waals surface area contributed by atoms with Gasteiger partial charge in [-0.3, -0.25) is 0 Å². The molecule has 2 heterocycles. The van der Waals surface area contributed by atoms with Gasteiger partial charge in [0, 0.05) is 11.8 Å². The molecular weight excluding hydrogens is 188 g/mol. The summed E-state index contributed by atoms with van der Waals surface area (Å²) in [6, 6.07) is 0. The van der Waals surface area contributed by atoms with Crippen molar-refractivity contribution in [1.29, 1.82) is 0 Å². The summed E-state index contributed by atoms with van der Waals surface area (Å²) in [7, 11) is 0. The van der Waals surface area contributed by atoms with E-state index in [1.165, 1.54) is 5.56 Å². The Bertz CT molecular complexity index is 318. The standard InChI is InChI=1S/C12H20N2O/c1-9-8-14-10(2)11(9)15-12(3)4-6-13-7-5-12/h8,13-14H,4-7H2,1-3H3. The van der Waals surface area contributed by atoms with Crippen molar-refractivity contribution < 1.29 is 4.74 Å². The lowest BCUT2D eigenvalue weighted by atomic mass is 9.94. The van der Waals surface area contributed by atoms with Gasteiger partial charge < -0.3 is 15.0 Å². The summed E-state index contributed by atoms with van der Waals surface area (Å²) in [6.45, 7) is 8.47. The number of aromatic amines is 1. The minimum absolute atomic E-state index is 0.00294. The third-order valence-electron chi connectivity index (χ3n) is 3.21. The molecule has 0 aromatic carbocycles. The average molecular weight is 208 g/mol. The predicted molar refractivity (Wildman–Crippen MR) is 61.4 cm³/mol. The smallest absolute Gasteiger partial charge is 0.143 e. The first-order valence-electron chi connectivity index (χ1n) is 5.65. The lowest BCUT2D eigenvalue weighted by molar-refractivity contribution is 0.0543. The SMILES string of the molecule is Cc1c[nH]c(C)c1OC1(C)CCNCC1. The van der Waals surface area contributed by atoms with Crippen molar-refractivity contribution in [3.8, 4) is 5.75 Å². The van der Waals surface area contributed by atoms with Crippen molar-refractivity contribution in [3.63, 3.8) is 0 Å². The largest absolute Gasteiger partial charge is 0.485 e. The highest BCUT2D eigenvalue weighted by Crippen LogP contribution is 2.30. The molecule has 0 unspecified atom stereocenters. The molecule has 2 rings (SSSR count). The fourth-order valence-corrected chi connectivity index (χ4v) is 2.10. The Morgan fingerprint density at radius 1 is 1.27 bits per heavy atom. The Morgan fingerprint density at radius 2 is 1.93 bits per heavy atom. The van der Waals surface area contributed by atoms with Crippen molar-refractivity contribution in [1.82, 2.24) is 10.3 Å². The molecule has 0 saturated carbocycles. The number of aromatic nitrogens is 1. The van der Waals surface area contributed by atoms with E-state index in [2.05, 4.69) is 31.1 Å². The lowest BCUT2D eigenvalue weighted by Crippen LogP contribution is -2.44. The molecule has 0 amide bonds. The quantitative estimate of drug-likeness (QED) is 0.781. The molecule has 0 radical (unpaired) electrons. The number of ether oxygens (including phenoxy) is 1. The maximum Gasteiger partial charge on any atom is 0.143 e. The highest BCUT2D eigenvalue weighted by molar-refractivity contribution is 5.36. The second-order valence-electron chi connectivity index (χ2n) is 4.73. The van der Waals surface area contributed by atoms with Crippen LogP contribution in [0.25, 0.3) is 0 Å². The number of piperidine rings is 1. The fraction of sp³-hybridized carbons (Fsp3) is 0.667. The van der Waals surface area contributed by atoms with Gasteiger partial charge in [-0.25, -0.2) is 0 Å². The zero-order chi connectivity index (χ0) is 10.9. The first kappa shape index (κ1) is 10.6. The lowest BCUT2D eigenvalue weighted by Gasteiger charge is -2.34. The van der Waals surface area contributed by atoms with Crippen LogP contribution in [0, 0.1) is 13.8 Å². The zero-order valence-electron chi connectivity index (χ0n) is 9.81. The van der Waals surface area contributed by atoms with Crippen molar-refractivity contribution in [2.45, 2.75) is 39.2 Å². The Balaban J connectivity index is 2.13. The monoisotopic (exact) mass is 208 g/mol. The molecule has 0 atom stereocenters. The molecule has 2 N–H and O–H groups in total. The first-order valence-corrected chi connectivity index (χ1v) is 5.65. The van der Waals surface area contributed by atoms with Gasteiger partial charge in [0.25, 0.3) is 0 Å². The van der Waals surface area contributed by atoms with Crippen LogP contribution in [0.2, 0.25) is 0 Å². The molecule has 1 aliphatic heterocycles. The maximum absolute atomic E-state index is 6.17. The summed E-state index contributed by atoms with van der Waals surface area (Å²) < 4.78 is 6.17. The Kier molecular flexibility index (Phi) is 2.74. The van der Waals surface area contributed by atoms with Crippen molar-refractivity contribution in [3.05, 3.63) is 17.5 Å². The molecule has 3 heteroatoms. The molecule has 3 nitrogen and oxygen atoms in total. The van der Waals surface area contributed by atoms with Gasteiger partial charge in [0.1, 0.15) is 11.4 Å². The normalized spacial score (nSPS) is 20.2. The third kappa shape index (κ3) is 2.17. The van der Waals surface area contributed by atoms with Crippen LogP contribution in [0.4, 0.5) is 0 Å². The van der Waals surface area contributed by atoms with E-state index < -0.39 is 0 Å². The van der Waals surface area contributed by atoms with Gasteiger partial charge in [-0.1, -0.05) is 0 Å². The minimum Gasteiger partial charge on any atom is -0.485 e. The fourth-order valence-electron chi connectivity index (χ4n) is 2.10. The van der Waals surface area contributed by atoms with Crippen molar-refractivity contribution >= 4 is 0 Å². The molecule has 0 bridgehead atoms. The van der Waals surface area contributed by atoms with Gasteiger partial charge in [0.05, 0.1) is 5.69 Å². The molecule has 15 heavy (non-hydrogen) atoms. The van der Waals surface area contributed by atoms with E-state index in [0.29, 0.717) is 0 Å². The van der Waals surface area contributed by atoms with Gasteiger partial charge in [-0.2, -0.15) is 0 Å². The second-order valence-corrected chi connectivity index (χ2v) is 4.73. The van der Waals surface area contributed by atoms with E-state index in [-0.39, 0.29) is 5.60 Å². The number of nitrogens with one attached hydrogen (secondary N) is 2. The van der Waals surface area contributed by atoms with E-state index in [1.807, 2.05) is 6.20 Å². The van der Waals surface area contributed by atoms with E-state index in [4.69, 9.17) is 4.74 Å². The molecule has 1 fully saturated rings. The third-order valence-corrected chi connectivity index (χ3v) is 3.21. The van der Waals surface area contributed by atoms with Crippen LogP contribution < -0.4 is 10.1 Å². The van der Waals surface area contributed by atoms with E-state index >= 15 is 0 Å². The maximum atomic E-state index is 6.17. The summed E-state index contributed by atoms with van der Waals surface area (Å²) in [4.78, 5) is 3.20. The average Bonchev–Trinajstić information content (AvgIpc) is 2.50. The van der Waals surface area contributed by atoms with Gasteiger partial charge >= 0.3 is 0 Å². The molecule has 0 aliphatic carbocycles. The highest BCUT2D eigenvalue weighted by Gasteiger charge is 2.29. The van der Waals surface area contributed by atoms with E-state index in [0.717, 1.165) is 37.4 Å². The van der Waals surface area contributed by atoms with Crippen LogP contribution in [0.3, 0.4) is 0 Å². The number of hydrogen-bond donors (Lipinski definition) is 2. The topological polar surface area (TPSA) is 37.0 Å².